The molecule has 0 spiro atoms. The topological polar surface area (TPSA) is 20.2 Å². The monoisotopic (exact) mass is 450 g/mol. The van der Waals surface area contributed by atoms with Crippen molar-refractivity contribution in [1.29, 1.82) is 0 Å². The minimum atomic E-state index is -0.476. The van der Waals surface area contributed by atoms with E-state index in [1.807, 2.05) is 0 Å². The third-order valence-corrected chi connectivity index (χ3v) is 8.75. The van der Waals surface area contributed by atoms with Crippen LogP contribution in [0.25, 0.3) is 0 Å². The minimum Gasteiger partial charge on any atom is -0.512 e. The van der Waals surface area contributed by atoms with Gasteiger partial charge in [-0.2, -0.15) is 0 Å². The third kappa shape index (κ3) is 5.67. The summed E-state index contributed by atoms with van der Waals surface area (Å²) in [6, 6.07) is 10.8. The van der Waals surface area contributed by atoms with Crippen molar-refractivity contribution in [1.82, 2.24) is 0 Å². The van der Waals surface area contributed by atoms with E-state index in [1.54, 1.807) is 0 Å². The van der Waals surface area contributed by atoms with Crippen LogP contribution in [0.1, 0.15) is 101 Å². The Labute approximate surface area is 205 Å². The van der Waals surface area contributed by atoms with Crippen molar-refractivity contribution < 1.29 is 5.11 Å². The lowest BCUT2D eigenvalue weighted by molar-refractivity contribution is 0.102. The van der Waals surface area contributed by atoms with Crippen LogP contribution < -0.4 is 0 Å². The van der Waals surface area contributed by atoms with Gasteiger partial charge in [0.2, 0.25) is 0 Å². The molecule has 1 N–H and O–H groups in total. The Hall–Kier alpha value is -1.76. The Morgan fingerprint density at radius 1 is 0.788 bits per heavy atom. The summed E-state index contributed by atoms with van der Waals surface area (Å²) in [6.07, 6.45) is 12.6. The maximum Gasteiger partial charge on any atom is 0.0993 e. The third-order valence-electron chi connectivity index (χ3n) is 8.75. The summed E-state index contributed by atoms with van der Waals surface area (Å²) >= 11 is 0. The number of hydrogen-bond acceptors (Lipinski definition) is 1. The molecular formula is C32H50O. The van der Waals surface area contributed by atoms with E-state index in [0.717, 1.165) is 6.42 Å². The van der Waals surface area contributed by atoms with Crippen molar-refractivity contribution >= 4 is 0 Å². The van der Waals surface area contributed by atoms with E-state index in [-0.39, 0.29) is 27.1 Å². The molecule has 1 aliphatic rings. The van der Waals surface area contributed by atoms with Gasteiger partial charge in [-0.15, -0.1) is 0 Å². The second-order valence-corrected chi connectivity index (χ2v) is 14.1. The van der Waals surface area contributed by atoms with Crippen molar-refractivity contribution in [3.05, 3.63) is 72.0 Å². The number of hydrogen-bond donors (Lipinski definition) is 1. The zero-order chi connectivity index (χ0) is 25.5. The zero-order valence-corrected chi connectivity index (χ0v) is 23.5. The highest BCUT2D eigenvalue weighted by Crippen LogP contribution is 2.54. The first kappa shape index (κ1) is 27.5. The van der Waals surface area contributed by atoms with Gasteiger partial charge in [-0.3, -0.25) is 0 Å². The first-order chi connectivity index (χ1) is 14.8. The van der Waals surface area contributed by atoms with Crippen LogP contribution in [0.5, 0.6) is 0 Å². The Morgan fingerprint density at radius 3 is 1.79 bits per heavy atom. The van der Waals surface area contributed by atoms with Crippen molar-refractivity contribution in [3.63, 3.8) is 0 Å². The molecule has 0 bridgehead atoms. The molecule has 1 nitrogen and oxygen atoms in total. The number of benzene rings is 1. The first-order valence-corrected chi connectivity index (χ1v) is 12.6. The predicted octanol–water partition coefficient (Wildman–Crippen LogP) is 9.89. The maximum atomic E-state index is 11.7. The molecule has 0 fully saturated rings. The van der Waals surface area contributed by atoms with Crippen molar-refractivity contribution in [2.45, 2.75) is 95.4 Å². The van der Waals surface area contributed by atoms with Crippen LogP contribution in [0, 0.1) is 32.5 Å². The highest BCUT2D eigenvalue weighted by molar-refractivity contribution is 5.34. The van der Waals surface area contributed by atoms with Crippen LogP contribution in [-0.4, -0.2) is 5.11 Å². The summed E-state index contributed by atoms with van der Waals surface area (Å²) in [5.74, 6) is 0.766. The van der Waals surface area contributed by atoms with Crippen LogP contribution in [0.15, 0.2) is 66.5 Å². The second-order valence-electron chi connectivity index (χ2n) is 14.1. The molecule has 4 unspecified atom stereocenters. The first-order valence-electron chi connectivity index (χ1n) is 12.6. The lowest BCUT2D eigenvalue weighted by atomic mass is 9.58. The van der Waals surface area contributed by atoms with E-state index in [1.165, 1.54) is 5.56 Å². The smallest absolute Gasteiger partial charge is 0.0993 e. The van der Waals surface area contributed by atoms with Gasteiger partial charge in [0.25, 0.3) is 0 Å². The fraction of sp³-hybridized carbons (Fsp3) is 0.625. The molecule has 1 aromatic carbocycles. The number of aliphatic hydroxyl groups is 1. The van der Waals surface area contributed by atoms with E-state index in [0.29, 0.717) is 11.7 Å². The zero-order valence-electron chi connectivity index (χ0n) is 23.5. The molecule has 0 aromatic heterocycles. The van der Waals surface area contributed by atoms with Crippen molar-refractivity contribution in [2.24, 2.45) is 32.5 Å². The number of aliphatic hydroxyl groups excluding tert-OH is 1. The quantitative estimate of drug-likeness (QED) is 0.452. The molecule has 0 saturated heterocycles. The molecule has 4 atom stereocenters. The van der Waals surface area contributed by atoms with Gasteiger partial charge in [-0.25, -0.2) is 0 Å². The maximum absolute atomic E-state index is 11.7. The van der Waals surface area contributed by atoms with Gasteiger partial charge in [0.1, 0.15) is 0 Å². The van der Waals surface area contributed by atoms with E-state index >= 15 is 0 Å². The summed E-state index contributed by atoms with van der Waals surface area (Å²) in [4.78, 5) is 0. The Morgan fingerprint density at radius 2 is 1.30 bits per heavy atom. The lowest BCUT2D eigenvalue weighted by Gasteiger charge is -2.46. The fourth-order valence-electron chi connectivity index (χ4n) is 5.28. The molecule has 1 aliphatic carbocycles. The van der Waals surface area contributed by atoms with E-state index in [9.17, 15) is 5.11 Å². The van der Waals surface area contributed by atoms with Gasteiger partial charge in [0, 0.05) is 16.2 Å². The molecular weight excluding hydrogens is 400 g/mol. The average molecular weight is 451 g/mol. The normalized spacial score (nSPS) is 33.8. The molecule has 0 radical (unpaired) electrons. The molecule has 0 aliphatic heterocycles. The molecule has 33 heavy (non-hydrogen) atoms. The molecule has 184 valence electrons. The largest absolute Gasteiger partial charge is 0.512 e. The molecule has 1 heteroatoms. The minimum absolute atomic E-state index is 0.0459. The Bertz CT molecular complexity index is 902. The standard InChI is InChI=1S/C32H50O/c1-24(25-16-14-13-15-17-25)30(10)18-20-31(11,29(8,9)23-27(2,3)4)22-26(33)32(12,21-19-30)28(5,6)7/h13-22,24,33H,23H2,1-12H3/b20-18-,21-19-,26-22+. The van der Waals surface area contributed by atoms with Crippen LogP contribution >= 0.6 is 0 Å². The second kappa shape index (κ2) is 8.79. The molecule has 0 heterocycles. The van der Waals surface area contributed by atoms with Crippen LogP contribution in [0.3, 0.4) is 0 Å². The average Bonchev–Trinajstić information content (AvgIpc) is 2.71. The van der Waals surface area contributed by atoms with E-state index < -0.39 is 5.41 Å². The van der Waals surface area contributed by atoms with Gasteiger partial charge >= 0.3 is 0 Å². The van der Waals surface area contributed by atoms with E-state index in [2.05, 4.69) is 144 Å². The summed E-state index contributed by atoms with van der Waals surface area (Å²) in [6.45, 7) is 27.4. The molecule has 1 aromatic rings. The highest BCUT2D eigenvalue weighted by atomic mass is 16.3. The lowest BCUT2D eigenvalue weighted by Crippen LogP contribution is -2.38. The fourth-order valence-corrected chi connectivity index (χ4v) is 5.28. The van der Waals surface area contributed by atoms with Crippen molar-refractivity contribution in [3.8, 4) is 0 Å². The number of allylic oxidation sites excluding steroid dienone is 5. The summed E-state index contributed by atoms with van der Waals surface area (Å²) in [5, 5.41) is 11.7. The molecule has 2 rings (SSSR count). The van der Waals surface area contributed by atoms with Gasteiger partial charge in [-0.1, -0.05) is 131 Å². The van der Waals surface area contributed by atoms with Gasteiger partial charge in [-0.05, 0) is 47.1 Å². The predicted molar refractivity (Wildman–Crippen MR) is 145 cm³/mol. The summed E-state index contributed by atoms with van der Waals surface area (Å²) < 4.78 is 0. The van der Waals surface area contributed by atoms with Crippen molar-refractivity contribution in [2.75, 3.05) is 0 Å². The Balaban J connectivity index is 2.79. The summed E-state index contributed by atoms with van der Waals surface area (Å²) in [5.41, 5.74) is 0.366. The van der Waals surface area contributed by atoms with Gasteiger partial charge < -0.3 is 5.11 Å². The molecule has 0 amide bonds. The van der Waals surface area contributed by atoms with Crippen LogP contribution in [-0.2, 0) is 0 Å². The molecule has 0 saturated carbocycles. The van der Waals surface area contributed by atoms with E-state index in [4.69, 9.17) is 0 Å². The summed E-state index contributed by atoms with van der Waals surface area (Å²) in [7, 11) is 0. The SMILES string of the molecule is CC(c1ccccc1)C1(C)/C=C\C(C)(C(C)(C)CC(C)(C)C)/C=C(/O)C(C)(C(C)(C)C)/C=C\1. The highest BCUT2D eigenvalue weighted by Gasteiger charge is 2.46. The van der Waals surface area contributed by atoms with Crippen LogP contribution in [0.4, 0.5) is 0 Å². The number of rotatable bonds is 4. The Kier molecular flexibility index (Phi) is 7.32. The van der Waals surface area contributed by atoms with Crippen LogP contribution in [0.2, 0.25) is 0 Å². The van der Waals surface area contributed by atoms with Gasteiger partial charge in [0.15, 0.2) is 0 Å². The van der Waals surface area contributed by atoms with Gasteiger partial charge in [0.05, 0.1) is 5.76 Å².